The third-order valence-corrected chi connectivity index (χ3v) is 4.45. The molecule has 1 amide bonds. The number of carbonyl (C=O) groups excluding carboxylic acids is 1. The molecule has 1 aromatic heterocycles. The first kappa shape index (κ1) is 13.9. The monoisotopic (exact) mass is 264 g/mol. The van der Waals surface area contributed by atoms with Crippen molar-refractivity contribution < 1.29 is 4.79 Å². The molecule has 106 valence electrons. The van der Waals surface area contributed by atoms with E-state index in [1.54, 1.807) is 10.9 Å². The van der Waals surface area contributed by atoms with Crippen molar-refractivity contribution in [3.63, 3.8) is 0 Å². The van der Waals surface area contributed by atoms with Crippen molar-refractivity contribution in [1.29, 1.82) is 0 Å². The van der Waals surface area contributed by atoms with E-state index in [0.717, 1.165) is 12.3 Å². The minimum atomic E-state index is -0.0922. The van der Waals surface area contributed by atoms with Crippen molar-refractivity contribution >= 4 is 11.6 Å². The Morgan fingerprint density at radius 1 is 1.53 bits per heavy atom. The summed E-state index contributed by atoms with van der Waals surface area (Å²) in [5.41, 5.74) is 6.79. The molecule has 0 radical (unpaired) electrons. The van der Waals surface area contributed by atoms with Gasteiger partial charge in [0.05, 0.1) is 11.9 Å². The summed E-state index contributed by atoms with van der Waals surface area (Å²) in [6.07, 6.45) is 4.99. The summed E-state index contributed by atoms with van der Waals surface area (Å²) in [6, 6.07) is 0.261. The van der Waals surface area contributed by atoms with Crippen molar-refractivity contribution in [2.24, 2.45) is 11.8 Å². The van der Waals surface area contributed by atoms with Gasteiger partial charge in [0.15, 0.2) is 0 Å². The van der Waals surface area contributed by atoms with Crippen LogP contribution in [0.3, 0.4) is 0 Å². The first-order valence-corrected chi connectivity index (χ1v) is 7.20. The van der Waals surface area contributed by atoms with E-state index in [1.165, 1.54) is 12.8 Å². The smallest absolute Gasteiger partial charge is 0.271 e. The van der Waals surface area contributed by atoms with E-state index in [-0.39, 0.29) is 11.9 Å². The highest BCUT2D eigenvalue weighted by atomic mass is 16.2. The van der Waals surface area contributed by atoms with Crippen LogP contribution in [0.25, 0.3) is 0 Å². The van der Waals surface area contributed by atoms with Crippen molar-refractivity contribution in [3.8, 4) is 0 Å². The molecular weight excluding hydrogens is 240 g/mol. The normalized spacial score (nSPS) is 26.6. The molecule has 5 heteroatoms. The summed E-state index contributed by atoms with van der Waals surface area (Å²) in [7, 11) is 0. The Hall–Kier alpha value is -1.52. The van der Waals surface area contributed by atoms with Gasteiger partial charge in [-0.1, -0.05) is 20.3 Å². The predicted octanol–water partition coefficient (Wildman–Crippen LogP) is 2.04. The van der Waals surface area contributed by atoms with Crippen LogP contribution in [0.1, 0.15) is 50.5 Å². The van der Waals surface area contributed by atoms with Crippen LogP contribution >= 0.6 is 0 Å². The summed E-state index contributed by atoms with van der Waals surface area (Å²) in [5, 5.41) is 7.24. The molecule has 3 N–H and O–H groups in total. The zero-order chi connectivity index (χ0) is 14.0. The van der Waals surface area contributed by atoms with Gasteiger partial charge in [0.2, 0.25) is 0 Å². The number of nitrogens with two attached hydrogens (primary N) is 1. The topological polar surface area (TPSA) is 72.9 Å². The zero-order valence-corrected chi connectivity index (χ0v) is 12.0. The van der Waals surface area contributed by atoms with Gasteiger partial charge in [-0.05, 0) is 31.6 Å². The second-order valence-corrected chi connectivity index (χ2v) is 5.45. The number of aryl methyl sites for hydroxylation is 1. The summed E-state index contributed by atoms with van der Waals surface area (Å²) in [4.78, 5) is 12.4. The number of nitrogens with one attached hydrogen (secondary N) is 1. The maximum Gasteiger partial charge on any atom is 0.271 e. The SMILES string of the molecule is CCC1CCC(NC(=O)c2c(N)cnn2CC)C1C. The number of amides is 1. The molecule has 1 aliphatic rings. The molecule has 0 aliphatic heterocycles. The summed E-state index contributed by atoms with van der Waals surface area (Å²) < 4.78 is 1.65. The van der Waals surface area contributed by atoms with Gasteiger partial charge in [0.25, 0.3) is 5.91 Å². The molecule has 1 heterocycles. The molecule has 0 saturated heterocycles. The predicted molar refractivity (Wildman–Crippen MR) is 75.7 cm³/mol. The molecule has 2 rings (SSSR count). The van der Waals surface area contributed by atoms with E-state index >= 15 is 0 Å². The number of anilines is 1. The highest BCUT2D eigenvalue weighted by Gasteiger charge is 2.33. The summed E-state index contributed by atoms with van der Waals surface area (Å²) in [6.45, 7) is 7.05. The Bertz CT molecular complexity index is 454. The van der Waals surface area contributed by atoms with Crippen molar-refractivity contribution in [2.45, 2.75) is 52.6 Å². The van der Waals surface area contributed by atoms with Crippen LogP contribution < -0.4 is 11.1 Å². The number of aromatic nitrogens is 2. The molecule has 1 aromatic rings. The van der Waals surface area contributed by atoms with Crippen LogP contribution in [0, 0.1) is 11.8 Å². The minimum Gasteiger partial charge on any atom is -0.396 e. The van der Waals surface area contributed by atoms with E-state index in [0.29, 0.717) is 23.8 Å². The summed E-state index contributed by atoms with van der Waals surface area (Å²) in [5.74, 6) is 1.16. The molecule has 1 saturated carbocycles. The molecular formula is C14H24N4O. The first-order valence-electron chi connectivity index (χ1n) is 7.20. The molecule has 1 fully saturated rings. The number of hydrogen-bond acceptors (Lipinski definition) is 3. The van der Waals surface area contributed by atoms with Gasteiger partial charge in [-0.25, -0.2) is 0 Å². The fourth-order valence-electron chi connectivity index (χ4n) is 3.15. The molecule has 0 aromatic carbocycles. The molecule has 0 bridgehead atoms. The fraction of sp³-hybridized carbons (Fsp3) is 0.714. The van der Waals surface area contributed by atoms with Crippen LogP contribution in [0.5, 0.6) is 0 Å². The second kappa shape index (κ2) is 5.63. The maximum absolute atomic E-state index is 12.4. The van der Waals surface area contributed by atoms with E-state index < -0.39 is 0 Å². The highest BCUT2D eigenvalue weighted by Crippen LogP contribution is 2.34. The average molecular weight is 264 g/mol. The van der Waals surface area contributed by atoms with E-state index in [2.05, 4.69) is 24.3 Å². The lowest BCUT2D eigenvalue weighted by Crippen LogP contribution is -2.38. The third kappa shape index (κ3) is 2.60. The number of nitrogen functional groups attached to an aromatic ring is 1. The molecule has 3 unspecified atom stereocenters. The highest BCUT2D eigenvalue weighted by molar-refractivity contribution is 5.97. The lowest BCUT2D eigenvalue weighted by atomic mass is 9.93. The van der Waals surface area contributed by atoms with Crippen molar-refractivity contribution in [2.75, 3.05) is 5.73 Å². The number of hydrogen-bond donors (Lipinski definition) is 2. The first-order chi connectivity index (χ1) is 9.08. The van der Waals surface area contributed by atoms with Gasteiger partial charge in [-0.15, -0.1) is 0 Å². The fourth-order valence-corrected chi connectivity index (χ4v) is 3.15. The van der Waals surface area contributed by atoms with Crippen LogP contribution in [0.15, 0.2) is 6.20 Å². The van der Waals surface area contributed by atoms with Crippen molar-refractivity contribution in [1.82, 2.24) is 15.1 Å². The third-order valence-electron chi connectivity index (χ3n) is 4.45. The minimum absolute atomic E-state index is 0.0922. The molecule has 0 spiro atoms. The lowest BCUT2D eigenvalue weighted by molar-refractivity contribution is 0.0916. The second-order valence-electron chi connectivity index (χ2n) is 5.45. The Labute approximate surface area is 114 Å². The number of carbonyl (C=O) groups is 1. The van der Waals surface area contributed by atoms with Crippen LogP contribution in [0.2, 0.25) is 0 Å². The van der Waals surface area contributed by atoms with Gasteiger partial charge < -0.3 is 11.1 Å². The quantitative estimate of drug-likeness (QED) is 0.874. The zero-order valence-electron chi connectivity index (χ0n) is 12.0. The molecule has 3 atom stereocenters. The Kier molecular flexibility index (Phi) is 4.12. The summed E-state index contributed by atoms with van der Waals surface area (Å²) >= 11 is 0. The van der Waals surface area contributed by atoms with E-state index in [4.69, 9.17) is 5.73 Å². The Morgan fingerprint density at radius 2 is 2.26 bits per heavy atom. The number of rotatable bonds is 4. The Balaban J connectivity index is 2.07. The molecule has 5 nitrogen and oxygen atoms in total. The largest absolute Gasteiger partial charge is 0.396 e. The van der Waals surface area contributed by atoms with Crippen LogP contribution in [-0.4, -0.2) is 21.7 Å². The van der Waals surface area contributed by atoms with Gasteiger partial charge in [0, 0.05) is 12.6 Å². The van der Waals surface area contributed by atoms with Gasteiger partial charge in [-0.3, -0.25) is 9.48 Å². The van der Waals surface area contributed by atoms with E-state index in [1.807, 2.05) is 6.92 Å². The number of nitrogens with zero attached hydrogens (tertiary/aromatic N) is 2. The van der Waals surface area contributed by atoms with Crippen molar-refractivity contribution in [3.05, 3.63) is 11.9 Å². The lowest BCUT2D eigenvalue weighted by Gasteiger charge is -2.21. The standard InChI is InChI=1S/C14H24N4O/c1-4-10-6-7-12(9(10)3)17-14(19)13-11(15)8-16-18(13)5-2/h8-10,12H,4-7,15H2,1-3H3,(H,17,19). The van der Waals surface area contributed by atoms with E-state index in [9.17, 15) is 4.79 Å². The van der Waals surface area contributed by atoms with Gasteiger partial charge >= 0.3 is 0 Å². The molecule has 19 heavy (non-hydrogen) atoms. The van der Waals surface area contributed by atoms with Gasteiger partial charge in [-0.2, -0.15) is 5.10 Å². The average Bonchev–Trinajstić information content (AvgIpc) is 2.93. The molecule has 1 aliphatic carbocycles. The van der Waals surface area contributed by atoms with Crippen LogP contribution in [0.4, 0.5) is 5.69 Å². The Morgan fingerprint density at radius 3 is 2.84 bits per heavy atom. The maximum atomic E-state index is 12.4. The van der Waals surface area contributed by atoms with Crippen LogP contribution in [-0.2, 0) is 6.54 Å². The van der Waals surface area contributed by atoms with Gasteiger partial charge in [0.1, 0.15) is 5.69 Å².